The van der Waals surface area contributed by atoms with Gasteiger partial charge >= 0.3 is 5.69 Å². The Kier molecular flexibility index (Phi) is 8.24. The van der Waals surface area contributed by atoms with Crippen LogP contribution < -0.4 is 11.2 Å². The lowest BCUT2D eigenvalue weighted by atomic mass is 10.1. The van der Waals surface area contributed by atoms with Crippen molar-refractivity contribution in [1.82, 2.24) is 9.13 Å². The highest BCUT2D eigenvalue weighted by Crippen LogP contribution is 2.44. The minimum atomic E-state index is -2.05. The summed E-state index contributed by atoms with van der Waals surface area (Å²) in [5.41, 5.74) is 0.622. The van der Waals surface area contributed by atoms with E-state index in [4.69, 9.17) is 23.4 Å². The monoisotopic (exact) mass is 546 g/mol. The summed E-state index contributed by atoms with van der Waals surface area (Å²) in [6.45, 7) is 17.0. The highest BCUT2D eigenvalue weighted by atomic mass is 28.4. The van der Waals surface area contributed by atoms with Gasteiger partial charge in [0.15, 0.2) is 20.3 Å². The van der Waals surface area contributed by atoms with Gasteiger partial charge in [-0.1, -0.05) is 58.0 Å². The van der Waals surface area contributed by atoms with Crippen LogP contribution in [0.3, 0.4) is 0 Å². The number of aryl methyl sites for hydroxylation is 1. The van der Waals surface area contributed by atoms with Crippen LogP contribution in [-0.4, -0.2) is 48.2 Å². The molecule has 4 atom stereocenters. The van der Waals surface area contributed by atoms with E-state index < -0.39 is 49.9 Å². The van der Waals surface area contributed by atoms with E-state index in [-0.39, 0.29) is 18.4 Å². The molecular weight excluding hydrogens is 504 g/mol. The van der Waals surface area contributed by atoms with Crippen LogP contribution in [0.25, 0.3) is 0 Å². The Balaban J connectivity index is 1.62. The molecule has 2 aromatic rings. The summed E-state index contributed by atoms with van der Waals surface area (Å²) in [5.74, 6) is -0.837. The zero-order valence-corrected chi connectivity index (χ0v) is 24.9. The van der Waals surface area contributed by atoms with Crippen LogP contribution in [0, 0.1) is 0 Å². The van der Waals surface area contributed by atoms with E-state index in [0.717, 1.165) is 10.1 Å². The largest absolute Gasteiger partial charge is 0.414 e. The van der Waals surface area contributed by atoms with Gasteiger partial charge in [0.05, 0.1) is 13.2 Å². The summed E-state index contributed by atoms with van der Waals surface area (Å²) in [5, 5.41) is 0.0400. The van der Waals surface area contributed by atoms with Gasteiger partial charge in [0.1, 0.15) is 25.0 Å². The fourth-order valence-electron chi connectivity index (χ4n) is 4.64. The average molecular weight is 547 g/mol. The standard InChI is InChI=1S/C28H42N2O7Si/c1-9-20-15-22(31)29(18-33-16-19-13-11-10-12-14-19)26(32)30(20)25-24-23(36-28(5,6)37-24)21(35-25)17-34-38(7,8)27(2,3)4/h10-15,21,23-25H,9,16-18H2,1-8H3/t21-,23-,24-,25-/m1/s1. The van der Waals surface area contributed by atoms with Crippen LogP contribution in [0.5, 0.6) is 0 Å². The van der Waals surface area contributed by atoms with Crippen LogP contribution in [0.1, 0.15) is 59.0 Å². The van der Waals surface area contributed by atoms with Crippen molar-refractivity contribution in [2.75, 3.05) is 6.61 Å². The van der Waals surface area contributed by atoms with E-state index >= 15 is 0 Å². The maximum absolute atomic E-state index is 13.7. The first-order chi connectivity index (χ1) is 17.7. The maximum atomic E-state index is 13.7. The number of hydrogen-bond donors (Lipinski definition) is 0. The molecule has 2 saturated heterocycles. The predicted molar refractivity (Wildman–Crippen MR) is 146 cm³/mol. The number of hydrogen-bond acceptors (Lipinski definition) is 7. The molecule has 0 saturated carbocycles. The van der Waals surface area contributed by atoms with Gasteiger partial charge in [0.2, 0.25) is 0 Å². The molecule has 0 amide bonds. The second-order valence-corrected chi connectivity index (χ2v) is 16.9. The van der Waals surface area contributed by atoms with E-state index in [1.807, 2.05) is 51.1 Å². The van der Waals surface area contributed by atoms with Crippen molar-refractivity contribution >= 4 is 8.32 Å². The number of nitrogens with zero attached hydrogens (tertiary/aromatic N) is 2. The summed E-state index contributed by atoms with van der Waals surface area (Å²) in [6, 6.07) is 11.1. The predicted octanol–water partition coefficient (Wildman–Crippen LogP) is 4.19. The van der Waals surface area contributed by atoms with Crippen molar-refractivity contribution in [3.05, 3.63) is 68.5 Å². The number of ether oxygens (including phenoxy) is 4. The Morgan fingerprint density at radius 2 is 1.71 bits per heavy atom. The molecule has 0 unspecified atom stereocenters. The second-order valence-electron chi connectivity index (χ2n) is 12.1. The van der Waals surface area contributed by atoms with Gasteiger partial charge in [0.25, 0.3) is 5.56 Å². The molecule has 0 spiro atoms. The van der Waals surface area contributed by atoms with Gasteiger partial charge in [-0.05, 0) is 44.0 Å². The Morgan fingerprint density at radius 1 is 1.05 bits per heavy atom. The lowest BCUT2D eigenvalue weighted by Crippen LogP contribution is -2.45. The quantitative estimate of drug-likeness (QED) is 0.436. The molecule has 2 fully saturated rings. The summed E-state index contributed by atoms with van der Waals surface area (Å²) < 4.78 is 33.8. The summed E-state index contributed by atoms with van der Waals surface area (Å²) in [6.07, 6.45) is -1.66. The van der Waals surface area contributed by atoms with Crippen LogP contribution in [0.15, 0.2) is 46.0 Å². The first kappa shape index (κ1) is 28.9. The Labute approximate surface area is 225 Å². The zero-order chi connectivity index (χ0) is 27.9. The van der Waals surface area contributed by atoms with Crippen LogP contribution in [-0.2, 0) is 43.1 Å². The summed E-state index contributed by atoms with van der Waals surface area (Å²) >= 11 is 0. The molecule has 210 valence electrons. The number of benzene rings is 1. The van der Waals surface area contributed by atoms with E-state index in [9.17, 15) is 9.59 Å². The highest BCUT2D eigenvalue weighted by Gasteiger charge is 2.57. The van der Waals surface area contributed by atoms with Gasteiger partial charge in [-0.15, -0.1) is 0 Å². The number of aromatic nitrogens is 2. The smallest absolute Gasteiger partial charge is 0.335 e. The van der Waals surface area contributed by atoms with Gasteiger partial charge in [0, 0.05) is 11.8 Å². The fraction of sp³-hybridized carbons (Fsp3) is 0.643. The molecule has 0 bridgehead atoms. The molecule has 0 aliphatic carbocycles. The van der Waals surface area contributed by atoms with Crippen LogP contribution in [0.4, 0.5) is 0 Å². The molecule has 2 aliphatic rings. The average Bonchev–Trinajstić information content (AvgIpc) is 3.32. The third kappa shape index (κ3) is 5.90. The fourth-order valence-corrected chi connectivity index (χ4v) is 5.65. The lowest BCUT2D eigenvalue weighted by molar-refractivity contribution is -0.200. The summed E-state index contributed by atoms with van der Waals surface area (Å²) in [4.78, 5) is 26.6. The van der Waals surface area contributed by atoms with Crippen LogP contribution in [0.2, 0.25) is 18.1 Å². The van der Waals surface area contributed by atoms with Gasteiger partial charge in [-0.25, -0.2) is 9.36 Å². The molecule has 2 aliphatic heterocycles. The minimum Gasteiger partial charge on any atom is -0.414 e. The van der Waals surface area contributed by atoms with Gasteiger partial charge < -0.3 is 23.4 Å². The molecule has 0 N–H and O–H groups in total. The van der Waals surface area contributed by atoms with Crippen molar-refractivity contribution in [3.8, 4) is 0 Å². The Hall–Kier alpha value is -2.08. The molecule has 3 heterocycles. The molecule has 0 radical (unpaired) electrons. The topological polar surface area (TPSA) is 90.2 Å². The minimum absolute atomic E-state index is 0.0400. The maximum Gasteiger partial charge on any atom is 0.335 e. The van der Waals surface area contributed by atoms with Gasteiger partial charge in [-0.3, -0.25) is 9.36 Å². The number of fused-ring (bicyclic) bond motifs is 1. The zero-order valence-electron chi connectivity index (χ0n) is 23.9. The van der Waals surface area contributed by atoms with E-state index in [1.54, 1.807) is 0 Å². The van der Waals surface area contributed by atoms with Crippen LogP contribution >= 0.6 is 0 Å². The second kappa shape index (κ2) is 10.8. The normalized spacial score (nSPS) is 25.1. The third-order valence-electron chi connectivity index (χ3n) is 7.79. The van der Waals surface area contributed by atoms with E-state index in [1.165, 1.54) is 10.6 Å². The SMILES string of the molecule is CCc1cc(=O)n(COCc2ccccc2)c(=O)n1[C@@H]1O[C@H](CO[Si](C)(C)C(C)(C)C)[C@H]2OC(C)(C)O[C@H]21. The Bertz CT molecular complexity index is 1230. The van der Waals surface area contributed by atoms with Crippen molar-refractivity contribution < 1.29 is 23.4 Å². The summed E-state index contributed by atoms with van der Waals surface area (Å²) in [7, 11) is -2.05. The van der Waals surface area contributed by atoms with E-state index in [2.05, 4.69) is 33.9 Å². The molecular formula is C28H42N2O7Si. The third-order valence-corrected chi connectivity index (χ3v) is 12.3. The number of rotatable bonds is 9. The first-order valence-corrected chi connectivity index (χ1v) is 16.3. The molecule has 9 nitrogen and oxygen atoms in total. The van der Waals surface area contributed by atoms with Crippen molar-refractivity contribution in [2.24, 2.45) is 0 Å². The van der Waals surface area contributed by atoms with Gasteiger partial charge in [-0.2, -0.15) is 0 Å². The van der Waals surface area contributed by atoms with Crippen molar-refractivity contribution in [3.63, 3.8) is 0 Å². The van der Waals surface area contributed by atoms with E-state index in [0.29, 0.717) is 18.7 Å². The lowest BCUT2D eigenvalue weighted by Gasteiger charge is -2.37. The highest BCUT2D eigenvalue weighted by molar-refractivity contribution is 6.74. The molecule has 38 heavy (non-hydrogen) atoms. The van der Waals surface area contributed by atoms with Crippen molar-refractivity contribution in [2.45, 2.75) is 110 Å². The first-order valence-electron chi connectivity index (χ1n) is 13.4. The molecule has 4 rings (SSSR count). The molecule has 1 aromatic carbocycles. The molecule has 10 heteroatoms. The Morgan fingerprint density at radius 3 is 2.34 bits per heavy atom. The molecule has 1 aromatic heterocycles. The van der Waals surface area contributed by atoms with Crippen molar-refractivity contribution in [1.29, 1.82) is 0 Å².